The SMILES string of the molecule is CC(=O)[C@@]1(C)CC[C@@H]1[C@@H](C)OCc1ccccc1. The first-order chi connectivity index (χ1) is 8.54. The van der Waals surface area contributed by atoms with E-state index in [-0.39, 0.29) is 11.5 Å². The van der Waals surface area contributed by atoms with Crippen LogP contribution in [0.4, 0.5) is 0 Å². The first-order valence-electron chi connectivity index (χ1n) is 6.70. The third kappa shape index (κ3) is 2.49. The molecule has 0 saturated heterocycles. The summed E-state index contributed by atoms with van der Waals surface area (Å²) in [6, 6.07) is 10.2. The Kier molecular flexibility index (Phi) is 3.86. The molecule has 2 nitrogen and oxygen atoms in total. The van der Waals surface area contributed by atoms with Gasteiger partial charge in [0.2, 0.25) is 0 Å². The van der Waals surface area contributed by atoms with E-state index in [9.17, 15) is 4.79 Å². The molecule has 0 aromatic heterocycles. The smallest absolute Gasteiger partial charge is 0.136 e. The molecule has 0 aliphatic heterocycles. The normalized spacial score (nSPS) is 28.5. The summed E-state index contributed by atoms with van der Waals surface area (Å²) in [4.78, 5) is 11.7. The average molecular weight is 246 g/mol. The molecule has 0 heterocycles. The summed E-state index contributed by atoms with van der Waals surface area (Å²) in [6.45, 7) is 6.50. The molecule has 3 atom stereocenters. The molecule has 1 aliphatic rings. The first-order valence-corrected chi connectivity index (χ1v) is 6.70. The summed E-state index contributed by atoms with van der Waals surface area (Å²) >= 11 is 0. The van der Waals surface area contributed by atoms with Crippen molar-refractivity contribution in [2.24, 2.45) is 11.3 Å². The minimum atomic E-state index is -0.157. The molecule has 0 unspecified atom stereocenters. The van der Waals surface area contributed by atoms with Gasteiger partial charge >= 0.3 is 0 Å². The van der Waals surface area contributed by atoms with Gasteiger partial charge < -0.3 is 4.74 Å². The molecule has 0 radical (unpaired) electrons. The molecule has 2 heteroatoms. The van der Waals surface area contributed by atoms with Gasteiger partial charge in [-0.05, 0) is 38.2 Å². The number of rotatable bonds is 5. The van der Waals surface area contributed by atoms with Crippen LogP contribution in [-0.2, 0) is 16.1 Å². The summed E-state index contributed by atoms with van der Waals surface area (Å²) in [5.74, 6) is 0.674. The van der Waals surface area contributed by atoms with Crippen LogP contribution in [0.2, 0.25) is 0 Å². The summed E-state index contributed by atoms with van der Waals surface area (Å²) in [6.07, 6.45) is 2.26. The van der Waals surface area contributed by atoms with Crippen LogP contribution in [0.15, 0.2) is 30.3 Å². The van der Waals surface area contributed by atoms with Crippen LogP contribution in [0.3, 0.4) is 0 Å². The van der Waals surface area contributed by atoms with Gasteiger partial charge in [-0.1, -0.05) is 37.3 Å². The van der Waals surface area contributed by atoms with Gasteiger partial charge in [-0.15, -0.1) is 0 Å². The van der Waals surface area contributed by atoms with E-state index in [1.807, 2.05) is 18.2 Å². The number of carbonyl (C=O) groups is 1. The maximum Gasteiger partial charge on any atom is 0.136 e. The van der Waals surface area contributed by atoms with Gasteiger partial charge in [-0.3, -0.25) is 4.79 Å². The highest BCUT2D eigenvalue weighted by molar-refractivity contribution is 5.83. The third-order valence-corrected chi connectivity index (χ3v) is 4.52. The van der Waals surface area contributed by atoms with E-state index in [1.165, 1.54) is 5.56 Å². The molecule has 1 aromatic rings. The van der Waals surface area contributed by atoms with Crippen molar-refractivity contribution in [3.8, 4) is 0 Å². The maximum absolute atomic E-state index is 11.7. The van der Waals surface area contributed by atoms with Gasteiger partial charge in [0.05, 0.1) is 12.7 Å². The van der Waals surface area contributed by atoms with Crippen LogP contribution in [0.5, 0.6) is 0 Å². The zero-order chi connectivity index (χ0) is 13.2. The van der Waals surface area contributed by atoms with Crippen molar-refractivity contribution >= 4 is 5.78 Å². The molecule has 2 rings (SSSR count). The summed E-state index contributed by atoms with van der Waals surface area (Å²) in [7, 11) is 0. The molecule has 0 N–H and O–H groups in total. The Bertz CT molecular complexity index is 412. The fraction of sp³-hybridized carbons (Fsp3) is 0.562. The number of benzene rings is 1. The van der Waals surface area contributed by atoms with E-state index in [2.05, 4.69) is 26.0 Å². The first kappa shape index (κ1) is 13.3. The number of carbonyl (C=O) groups excluding carboxylic acids is 1. The second-order valence-corrected chi connectivity index (χ2v) is 5.62. The van der Waals surface area contributed by atoms with Gasteiger partial charge in [0.15, 0.2) is 0 Å². The number of hydrogen-bond donors (Lipinski definition) is 0. The lowest BCUT2D eigenvalue weighted by Crippen LogP contribution is -2.48. The van der Waals surface area contributed by atoms with E-state index in [0.717, 1.165) is 12.8 Å². The number of Topliss-reactive ketones (excluding diaryl/α,β-unsaturated/α-hetero) is 1. The summed E-state index contributed by atoms with van der Waals surface area (Å²) in [5.41, 5.74) is 1.03. The second kappa shape index (κ2) is 5.23. The van der Waals surface area contributed by atoms with Crippen LogP contribution >= 0.6 is 0 Å². The number of ether oxygens (including phenoxy) is 1. The molecule has 1 aromatic carbocycles. The van der Waals surface area contributed by atoms with Crippen LogP contribution in [0.25, 0.3) is 0 Å². The molecule has 98 valence electrons. The molecule has 1 saturated carbocycles. The number of hydrogen-bond acceptors (Lipinski definition) is 2. The maximum atomic E-state index is 11.7. The van der Waals surface area contributed by atoms with Crippen LogP contribution < -0.4 is 0 Å². The molecule has 0 bridgehead atoms. The van der Waals surface area contributed by atoms with Gasteiger partial charge in [-0.2, -0.15) is 0 Å². The minimum Gasteiger partial charge on any atom is -0.374 e. The largest absolute Gasteiger partial charge is 0.374 e. The van der Waals surface area contributed by atoms with Crippen molar-refractivity contribution in [2.75, 3.05) is 0 Å². The van der Waals surface area contributed by atoms with E-state index in [1.54, 1.807) is 6.92 Å². The highest BCUT2D eigenvalue weighted by Crippen LogP contribution is 2.49. The highest BCUT2D eigenvalue weighted by Gasteiger charge is 2.49. The quantitative estimate of drug-likeness (QED) is 0.793. The predicted molar refractivity (Wildman–Crippen MR) is 72.2 cm³/mol. The Balaban J connectivity index is 1.89. The van der Waals surface area contributed by atoms with Crippen molar-refractivity contribution in [1.82, 2.24) is 0 Å². The van der Waals surface area contributed by atoms with Crippen molar-refractivity contribution < 1.29 is 9.53 Å². The molecule has 0 spiro atoms. The zero-order valence-corrected chi connectivity index (χ0v) is 11.5. The number of ketones is 1. The fourth-order valence-corrected chi connectivity index (χ4v) is 2.85. The van der Waals surface area contributed by atoms with Crippen LogP contribution in [0.1, 0.15) is 39.2 Å². The van der Waals surface area contributed by atoms with Gasteiger partial charge in [-0.25, -0.2) is 0 Å². The average Bonchev–Trinajstić information content (AvgIpc) is 2.35. The van der Waals surface area contributed by atoms with E-state index in [0.29, 0.717) is 18.3 Å². The van der Waals surface area contributed by atoms with Crippen molar-refractivity contribution in [1.29, 1.82) is 0 Å². The van der Waals surface area contributed by atoms with Crippen molar-refractivity contribution in [2.45, 2.75) is 46.3 Å². The zero-order valence-electron chi connectivity index (χ0n) is 11.5. The lowest BCUT2D eigenvalue weighted by molar-refractivity contribution is -0.145. The Morgan fingerprint density at radius 1 is 1.44 bits per heavy atom. The molecule has 0 amide bonds. The van der Waals surface area contributed by atoms with E-state index >= 15 is 0 Å². The summed E-state index contributed by atoms with van der Waals surface area (Å²) in [5, 5.41) is 0. The lowest BCUT2D eigenvalue weighted by Gasteiger charge is -2.48. The fourth-order valence-electron chi connectivity index (χ4n) is 2.85. The Morgan fingerprint density at radius 2 is 2.11 bits per heavy atom. The van der Waals surface area contributed by atoms with E-state index < -0.39 is 0 Å². The Hall–Kier alpha value is -1.15. The molecular formula is C16H22O2. The summed E-state index contributed by atoms with van der Waals surface area (Å²) < 4.78 is 5.93. The lowest BCUT2D eigenvalue weighted by atomic mass is 9.57. The monoisotopic (exact) mass is 246 g/mol. The molecule has 1 aliphatic carbocycles. The molecule has 1 fully saturated rings. The van der Waals surface area contributed by atoms with Crippen LogP contribution in [-0.4, -0.2) is 11.9 Å². The predicted octanol–water partition coefficient (Wildman–Crippen LogP) is 3.60. The van der Waals surface area contributed by atoms with Crippen molar-refractivity contribution in [3.63, 3.8) is 0 Å². The Labute approximate surface area is 109 Å². The Morgan fingerprint density at radius 3 is 2.61 bits per heavy atom. The van der Waals surface area contributed by atoms with Gasteiger partial charge in [0.1, 0.15) is 5.78 Å². The standard InChI is InChI=1S/C16H22O2/c1-12(15-9-10-16(15,3)13(2)17)18-11-14-7-5-4-6-8-14/h4-8,12,15H,9-11H2,1-3H3/t12-,15-,16-/m1/s1. The van der Waals surface area contributed by atoms with Gasteiger partial charge in [0.25, 0.3) is 0 Å². The second-order valence-electron chi connectivity index (χ2n) is 5.62. The minimum absolute atomic E-state index is 0.146. The van der Waals surface area contributed by atoms with Crippen molar-refractivity contribution in [3.05, 3.63) is 35.9 Å². The van der Waals surface area contributed by atoms with Gasteiger partial charge in [0, 0.05) is 5.41 Å². The molecule has 18 heavy (non-hydrogen) atoms. The third-order valence-electron chi connectivity index (χ3n) is 4.52. The van der Waals surface area contributed by atoms with E-state index in [4.69, 9.17) is 4.74 Å². The highest BCUT2D eigenvalue weighted by atomic mass is 16.5. The molecular weight excluding hydrogens is 224 g/mol. The van der Waals surface area contributed by atoms with Crippen LogP contribution in [0, 0.1) is 11.3 Å². The topological polar surface area (TPSA) is 26.3 Å².